The van der Waals surface area contributed by atoms with Crippen molar-refractivity contribution in [2.24, 2.45) is 0 Å². The first-order valence-electron chi connectivity index (χ1n) is 7.59. The molecule has 0 aromatic carbocycles. The van der Waals surface area contributed by atoms with Gasteiger partial charge in [0.05, 0.1) is 6.10 Å². The van der Waals surface area contributed by atoms with Gasteiger partial charge in [-0.05, 0) is 25.7 Å². The van der Waals surface area contributed by atoms with E-state index in [9.17, 15) is 10.0 Å². The Bertz CT molecular complexity index is 480. The van der Waals surface area contributed by atoms with Crippen molar-refractivity contribution in [3.8, 4) is 0 Å². The average Bonchev–Trinajstić information content (AvgIpc) is 2.45. The van der Waals surface area contributed by atoms with E-state index in [1.165, 1.54) is 0 Å². The maximum Gasteiger partial charge on any atom is 0.491 e. The van der Waals surface area contributed by atoms with Crippen molar-refractivity contribution in [1.82, 2.24) is 9.97 Å². The van der Waals surface area contributed by atoms with Crippen molar-refractivity contribution in [3.63, 3.8) is 0 Å². The zero-order chi connectivity index (χ0) is 15.6. The Morgan fingerprint density at radius 1 is 1.19 bits per heavy atom. The van der Waals surface area contributed by atoms with Crippen LogP contribution in [-0.4, -0.2) is 40.3 Å². The van der Waals surface area contributed by atoms with Crippen LogP contribution in [0.5, 0.6) is 0 Å². The second kappa shape index (κ2) is 6.42. The monoisotopic (exact) mass is 292 g/mol. The van der Waals surface area contributed by atoms with Crippen molar-refractivity contribution >= 4 is 12.6 Å². The fourth-order valence-electron chi connectivity index (χ4n) is 2.86. The molecule has 0 atom stereocenters. The molecule has 1 heterocycles. The van der Waals surface area contributed by atoms with Crippen molar-refractivity contribution in [1.29, 1.82) is 0 Å². The van der Waals surface area contributed by atoms with Crippen LogP contribution in [0, 0.1) is 0 Å². The first kappa shape index (κ1) is 16.4. The summed E-state index contributed by atoms with van der Waals surface area (Å²) in [5, 5.41) is 19.2. The first-order chi connectivity index (χ1) is 9.82. The third-order valence-electron chi connectivity index (χ3n) is 4.19. The Balaban J connectivity index is 2.31. The fraction of sp³-hybridized carbons (Fsp3) is 0.733. The summed E-state index contributed by atoms with van der Waals surface area (Å²) in [6.07, 6.45) is 5.76. The normalized spacial score (nSPS) is 23.1. The fourth-order valence-corrected chi connectivity index (χ4v) is 2.86. The van der Waals surface area contributed by atoms with Crippen LogP contribution in [0.15, 0.2) is 6.20 Å². The molecule has 0 aliphatic heterocycles. The Hall–Kier alpha value is -0.975. The number of rotatable bonds is 3. The minimum Gasteiger partial charge on any atom is -0.423 e. The molecule has 0 bridgehead atoms. The highest BCUT2D eigenvalue weighted by atomic mass is 16.5. The van der Waals surface area contributed by atoms with Crippen LogP contribution >= 0.6 is 0 Å². The number of hydrogen-bond acceptors (Lipinski definition) is 5. The molecule has 0 radical (unpaired) electrons. The van der Waals surface area contributed by atoms with Gasteiger partial charge in [0, 0.05) is 35.8 Å². The lowest BCUT2D eigenvalue weighted by molar-refractivity contribution is 0.0655. The van der Waals surface area contributed by atoms with Gasteiger partial charge in [0.2, 0.25) is 0 Å². The standard InChI is InChI=1S/C15H25BN2O3/c1-15(2,3)14-17-9-12(16(19)20)13(18-14)10-5-7-11(21-4)8-6-10/h9-11,19-20H,5-8H2,1-4H3/t10-,11+. The van der Waals surface area contributed by atoms with Crippen LogP contribution in [0.3, 0.4) is 0 Å². The SMILES string of the molecule is CO[C@H]1CC[C@@H](c2nc(C(C)(C)C)ncc2B(O)O)CC1. The highest BCUT2D eigenvalue weighted by molar-refractivity contribution is 6.59. The molecule has 116 valence electrons. The van der Waals surface area contributed by atoms with Gasteiger partial charge in [-0.3, -0.25) is 0 Å². The molecule has 0 amide bonds. The average molecular weight is 292 g/mol. The Morgan fingerprint density at radius 3 is 2.29 bits per heavy atom. The summed E-state index contributed by atoms with van der Waals surface area (Å²) in [7, 11) is 0.227. The molecule has 1 fully saturated rings. The second-order valence-corrected chi connectivity index (χ2v) is 6.87. The van der Waals surface area contributed by atoms with E-state index >= 15 is 0 Å². The summed E-state index contributed by atoms with van der Waals surface area (Å²) < 4.78 is 5.40. The molecular weight excluding hydrogens is 267 g/mol. The van der Waals surface area contributed by atoms with Gasteiger partial charge < -0.3 is 14.8 Å². The third kappa shape index (κ3) is 3.81. The van der Waals surface area contributed by atoms with E-state index < -0.39 is 7.12 Å². The van der Waals surface area contributed by atoms with E-state index in [0.717, 1.165) is 37.2 Å². The maximum atomic E-state index is 9.58. The summed E-state index contributed by atoms with van der Waals surface area (Å²) in [4.78, 5) is 8.97. The van der Waals surface area contributed by atoms with E-state index in [4.69, 9.17) is 4.74 Å². The van der Waals surface area contributed by atoms with Gasteiger partial charge in [-0.25, -0.2) is 9.97 Å². The second-order valence-electron chi connectivity index (χ2n) is 6.87. The molecule has 21 heavy (non-hydrogen) atoms. The first-order valence-corrected chi connectivity index (χ1v) is 7.59. The highest BCUT2D eigenvalue weighted by Gasteiger charge is 2.30. The minimum absolute atomic E-state index is 0.155. The van der Waals surface area contributed by atoms with Gasteiger partial charge in [-0.1, -0.05) is 20.8 Å². The molecule has 0 unspecified atom stereocenters. The summed E-state index contributed by atoms with van der Waals surface area (Å²) in [5.41, 5.74) is 1.07. The van der Waals surface area contributed by atoms with Crippen molar-refractivity contribution in [2.45, 2.75) is 63.9 Å². The van der Waals surface area contributed by atoms with E-state index in [0.29, 0.717) is 11.6 Å². The summed E-state index contributed by atoms with van der Waals surface area (Å²) in [6.45, 7) is 6.18. The molecule has 2 rings (SSSR count). The highest BCUT2D eigenvalue weighted by Crippen LogP contribution is 2.33. The van der Waals surface area contributed by atoms with Crippen LogP contribution in [0.4, 0.5) is 0 Å². The Labute approximate surface area is 126 Å². The Morgan fingerprint density at radius 2 is 1.81 bits per heavy atom. The van der Waals surface area contributed by atoms with Crippen molar-refractivity contribution in [3.05, 3.63) is 17.7 Å². The summed E-state index contributed by atoms with van der Waals surface area (Å²) in [5.74, 6) is 0.994. The van der Waals surface area contributed by atoms with Crippen LogP contribution in [0.1, 0.15) is 63.9 Å². The topological polar surface area (TPSA) is 75.5 Å². The van der Waals surface area contributed by atoms with E-state index in [1.54, 1.807) is 13.3 Å². The van der Waals surface area contributed by atoms with Crippen LogP contribution in [0.25, 0.3) is 0 Å². The molecule has 1 aromatic rings. The molecular formula is C15H25BN2O3. The van der Waals surface area contributed by atoms with Gasteiger partial charge in [-0.15, -0.1) is 0 Å². The number of aromatic nitrogens is 2. The smallest absolute Gasteiger partial charge is 0.423 e. The molecule has 0 saturated heterocycles. The molecule has 1 aliphatic carbocycles. The number of hydrogen-bond donors (Lipinski definition) is 2. The predicted molar refractivity (Wildman–Crippen MR) is 82.6 cm³/mol. The van der Waals surface area contributed by atoms with E-state index in [-0.39, 0.29) is 11.3 Å². The van der Waals surface area contributed by atoms with Crippen molar-refractivity contribution < 1.29 is 14.8 Å². The Kier molecular flexibility index (Phi) is 5.01. The van der Waals surface area contributed by atoms with Gasteiger partial charge in [-0.2, -0.15) is 0 Å². The molecule has 5 nitrogen and oxygen atoms in total. The largest absolute Gasteiger partial charge is 0.491 e. The van der Waals surface area contributed by atoms with E-state index in [2.05, 4.69) is 30.7 Å². The number of ether oxygens (including phenoxy) is 1. The summed E-state index contributed by atoms with van der Waals surface area (Å²) in [6, 6.07) is 0. The van der Waals surface area contributed by atoms with Crippen molar-refractivity contribution in [2.75, 3.05) is 7.11 Å². The van der Waals surface area contributed by atoms with Crippen LogP contribution < -0.4 is 5.46 Å². The zero-order valence-corrected chi connectivity index (χ0v) is 13.3. The molecule has 0 spiro atoms. The quantitative estimate of drug-likeness (QED) is 0.817. The van der Waals surface area contributed by atoms with Crippen LogP contribution in [-0.2, 0) is 10.2 Å². The maximum absolute atomic E-state index is 9.58. The molecule has 2 N–H and O–H groups in total. The van der Waals surface area contributed by atoms with Crippen LogP contribution in [0.2, 0.25) is 0 Å². The molecule has 1 saturated carbocycles. The number of methoxy groups -OCH3 is 1. The lowest BCUT2D eigenvalue weighted by Gasteiger charge is -2.29. The number of nitrogens with zero attached hydrogens (tertiary/aromatic N) is 2. The van der Waals surface area contributed by atoms with Gasteiger partial charge >= 0.3 is 7.12 Å². The molecule has 6 heteroatoms. The lowest BCUT2D eigenvalue weighted by atomic mass is 9.73. The lowest BCUT2D eigenvalue weighted by Crippen LogP contribution is -2.38. The van der Waals surface area contributed by atoms with Gasteiger partial charge in [0.1, 0.15) is 5.82 Å². The van der Waals surface area contributed by atoms with E-state index in [1.807, 2.05) is 0 Å². The predicted octanol–water partition coefficient (Wildman–Crippen LogP) is 1.13. The third-order valence-corrected chi connectivity index (χ3v) is 4.19. The van der Waals surface area contributed by atoms with Gasteiger partial charge in [0.15, 0.2) is 0 Å². The minimum atomic E-state index is -1.52. The van der Waals surface area contributed by atoms with Gasteiger partial charge in [0.25, 0.3) is 0 Å². The summed E-state index contributed by atoms with van der Waals surface area (Å²) >= 11 is 0. The molecule has 1 aliphatic rings. The molecule has 1 aromatic heterocycles. The zero-order valence-electron chi connectivity index (χ0n) is 13.3.